The van der Waals surface area contributed by atoms with Crippen LogP contribution in [0.2, 0.25) is 0 Å². The summed E-state index contributed by atoms with van der Waals surface area (Å²) >= 11 is 6.53. The molecule has 0 radical (unpaired) electrons. The highest BCUT2D eigenvalue weighted by atomic mass is 32.2. The largest absolute Gasteiger partial charge is 0.392 e. The SMILES string of the molecule is NC(=S)C1CSCCN1N=O. The van der Waals surface area contributed by atoms with Gasteiger partial charge in [0, 0.05) is 18.1 Å². The number of thioether (sulfide) groups is 1. The summed E-state index contributed by atoms with van der Waals surface area (Å²) in [5.41, 5.74) is 5.41. The molecular weight excluding hydrogens is 182 g/mol. The lowest BCUT2D eigenvalue weighted by atomic mass is 10.3. The van der Waals surface area contributed by atoms with E-state index in [1.807, 2.05) is 0 Å². The standard InChI is InChI=1S/C5H9N3OS2/c6-5(10)4-3-11-2-1-8(4)7-9/h4H,1-3H2,(H2,6,10). The second kappa shape index (κ2) is 3.87. The Morgan fingerprint density at radius 2 is 2.55 bits per heavy atom. The van der Waals surface area contributed by atoms with Gasteiger partial charge in [-0.3, -0.25) is 0 Å². The summed E-state index contributed by atoms with van der Waals surface area (Å²) in [6.07, 6.45) is 0. The molecular formula is C5H9N3OS2. The van der Waals surface area contributed by atoms with Crippen LogP contribution in [0.4, 0.5) is 0 Å². The van der Waals surface area contributed by atoms with Gasteiger partial charge in [-0.25, -0.2) is 5.01 Å². The van der Waals surface area contributed by atoms with Crippen molar-refractivity contribution in [3.05, 3.63) is 4.91 Å². The number of nitrogens with zero attached hydrogens (tertiary/aromatic N) is 2. The second-order valence-corrected chi connectivity index (χ2v) is 3.86. The summed E-state index contributed by atoms with van der Waals surface area (Å²) in [5.74, 6) is 1.70. The van der Waals surface area contributed by atoms with Crippen LogP contribution in [0, 0.1) is 4.91 Å². The fourth-order valence-corrected chi connectivity index (χ4v) is 2.29. The summed E-state index contributed by atoms with van der Waals surface area (Å²) in [6, 6.07) is -0.138. The van der Waals surface area contributed by atoms with E-state index < -0.39 is 0 Å². The minimum atomic E-state index is -0.138. The van der Waals surface area contributed by atoms with Crippen LogP contribution < -0.4 is 5.73 Å². The number of nitrogens with two attached hydrogens (primary N) is 1. The lowest BCUT2D eigenvalue weighted by molar-refractivity contribution is 0.276. The first-order valence-corrected chi connectivity index (χ1v) is 4.79. The lowest BCUT2D eigenvalue weighted by Crippen LogP contribution is -2.46. The topological polar surface area (TPSA) is 58.7 Å². The van der Waals surface area contributed by atoms with E-state index in [0.29, 0.717) is 11.5 Å². The van der Waals surface area contributed by atoms with E-state index in [1.165, 1.54) is 5.01 Å². The summed E-state index contributed by atoms with van der Waals surface area (Å²) in [4.78, 5) is 10.6. The van der Waals surface area contributed by atoms with Crippen LogP contribution in [-0.2, 0) is 0 Å². The van der Waals surface area contributed by atoms with Crippen LogP contribution in [-0.4, -0.2) is 34.1 Å². The molecule has 0 aromatic carbocycles. The van der Waals surface area contributed by atoms with Gasteiger partial charge in [-0.1, -0.05) is 12.2 Å². The van der Waals surface area contributed by atoms with Gasteiger partial charge in [0.25, 0.3) is 0 Å². The number of thiocarbonyl (C=S) groups is 1. The van der Waals surface area contributed by atoms with E-state index in [4.69, 9.17) is 18.0 Å². The van der Waals surface area contributed by atoms with Crippen LogP contribution in [0.1, 0.15) is 0 Å². The molecule has 0 amide bonds. The summed E-state index contributed by atoms with van der Waals surface area (Å²) in [5, 5.41) is 4.27. The zero-order valence-corrected chi connectivity index (χ0v) is 7.53. The van der Waals surface area contributed by atoms with Crippen molar-refractivity contribution in [2.24, 2.45) is 11.0 Å². The predicted molar refractivity (Wildman–Crippen MR) is 50.4 cm³/mol. The number of rotatable bonds is 2. The van der Waals surface area contributed by atoms with Gasteiger partial charge in [0.05, 0.1) is 10.3 Å². The smallest absolute Gasteiger partial charge is 0.109 e. The van der Waals surface area contributed by atoms with Crippen LogP contribution in [0.5, 0.6) is 0 Å². The van der Waals surface area contributed by atoms with Crippen LogP contribution in [0.3, 0.4) is 0 Å². The highest BCUT2D eigenvalue weighted by Gasteiger charge is 2.24. The molecule has 0 aromatic rings. The maximum absolute atomic E-state index is 10.2. The van der Waals surface area contributed by atoms with E-state index in [1.54, 1.807) is 11.8 Å². The minimum absolute atomic E-state index is 0.138. The maximum atomic E-state index is 10.2. The Labute approximate surface area is 74.4 Å². The van der Waals surface area contributed by atoms with Gasteiger partial charge in [-0.05, 0) is 0 Å². The average molecular weight is 191 g/mol. The van der Waals surface area contributed by atoms with Crippen molar-refractivity contribution in [1.29, 1.82) is 0 Å². The third-order valence-corrected chi connectivity index (χ3v) is 2.83. The quantitative estimate of drug-likeness (QED) is 0.505. The van der Waals surface area contributed by atoms with E-state index >= 15 is 0 Å². The molecule has 0 aromatic heterocycles. The first kappa shape index (κ1) is 8.73. The molecule has 1 fully saturated rings. The molecule has 1 heterocycles. The molecule has 4 nitrogen and oxygen atoms in total. The first-order valence-electron chi connectivity index (χ1n) is 3.22. The molecule has 11 heavy (non-hydrogen) atoms. The molecule has 0 saturated carbocycles. The Bertz CT molecular complexity index is 175. The molecule has 2 N–H and O–H groups in total. The fraction of sp³-hybridized carbons (Fsp3) is 0.800. The molecule has 1 saturated heterocycles. The highest BCUT2D eigenvalue weighted by molar-refractivity contribution is 7.99. The van der Waals surface area contributed by atoms with Gasteiger partial charge in [0.2, 0.25) is 0 Å². The number of hydrogen-bond donors (Lipinski definition) is 1. The summed E-state index contributed by atoms with van der Waals surface area (Å²) in [6.45, 7) is 0.649. The zero-order chi connectivity index (χ0) is 8.27. The predicted octanol–water partition coefficient (Wildman–Crippen LogP) is 0.371. The Morgan fingerprint density at radius 3 is 3.00 bits per heavy atom. The van der Waals surface area contributed by atoms with E-state index in [2.05, 4.69) is 5.29 Å². The van der Waals surface area contributed by atoms with Gasteiger partial charge in [0.1, 0.15) is 6.04 Å². The van der Waals surface area contributed by atoms with Gasteiger partial charge in [-0.2, -0.15) is 11.8 Å². The second-order valence-electron chi connectivity index (χ2n) is 2.24. The molecule has 0 aliphatic carbocycles. The molecule has 1 aliphatic heterocycles. The van der Waals surface area contributed by atoms with Crippen molar-refractivity contribution in [3.63, 3.8) is 0 Å². The Hall–Kier alpha value is -0.360. The normalized spacial score (nSPS) is 24.7. The fourth-order valence-electron chi connectivity index (χ4n) is 0.922. The highest BCUT2D eigenvalue weighted by Crippen LogP contribution is 2.16. The van der Waals surface area contributed by atoms with E-state index in [9.17, 15) is 4.91 Å². The van der Waals surface area contributed by atoms with E-state index in [-0.39, 0.29) is 6.04 Å². The molecule has 1 rings (SSSR count). The van der Waals surface area contributed by atoms with Crippen molar-refractivity contribution >= 4 is 29.0 Å². The number of hydrogen-bond acceptors (Lipinski definition) is 4. The van der Waals surface area contributed by atoms with Gasteiger partial charge in [0.15, 0.2) is 0 Å². The molecule has 0 bridgehead atoms. The zero-order valence-electron chi connectivity index (χ0n) is 5.90. The van der Waals surface area contributed by atoms with Gasteiger partial charge in [-0.15, -0.1) is 4.91 Å². The molecule has 1 unspecified atom stereocenters. The van der Waals surface area contributed by atoms with Crippen LogP contribution >= 0.6 is 24.0 Å². The Morgan fingerprint density at radius 1 is 1.82 bits per heavy atom. The van der Waals surface area contributed by atoms with Gasteiger partial charge < -0.3 is 5.73 Å². The molecule has 1 atom stereocenters. The lowest BCUT2D eigenvalue weighted by Gasteiger charge is -2.29. The van der Waals surface area contributed by atoms with Crippen molar-refractivity contribution in [1.82, 2.24) is 5.01 Å². The van der Waals surface area contributed by atoms with Crippen molar-refractivity contribution in [2.45, 2.75) is 6.04 Å². The maximum Gasteiger partial charge on any atom is 0.109 e. The summed E-state index contributed by atoms with van der Waals surface area (Å²) in [7, 11) is 0. The first-order chi connectivity index (χ1) is 5.25. The van der Waals surface area contributed by atoms with Crippen LogP contribution in [0.25, 0.3) is 0 Å². The molecule has 0 spiro atoms. The molecule has 62 valence electrons. The minimum Gasteiger partial charge on any atom is -0.392 e. The van der Waals surface area contributed by atoms with Crippen molar-refractivity contribution in [3.8, 4) is 0 Å². The third kappa shape index (κ3) is 2.03. The Balaban J connectivity index is 2.58. The Kier molecular flexibility index (Phi) is 3.07. The molecule has 6 heteroatoms. The average Bonchev–Trinajstić information content (AvgIpc) is 2.04. The van der Waals surface area contributed by atoms with Crippen molar-refractivity contribution in [2.75, 3.05) is 18.1 Å². The number of nitroso groups, excluding NO2 is 1. The van der Waals surface area contributed by atoms with Crippen molar-refractivity contribution < 1.29 is 0 Å². The monoisotopic (exact) mass is 191 g/mol. The van der Waals surface area contributed by atoms with Crippen LogP contribution in [0.15, 0.2) is 5.29 Å². The summed E-state index contributed by atoms with van der Waals surface area (Å²) < 4.78 is 0. The van der Waals surface area contributed by atoms with E-state index in [0.717, 1.165) is 11.5 Å². The third-order valence-electron chi connectivity index (χ3n) is 1.53. The van der Waals surface area contributed by atoms with Gasteiger partial charge >= 0.3 is 0 Å². The molecule has 1 aliphatic rings.